The Labute approximate surface area is 174 Å². The average Bonchev–Trinajstić information content (AvgIpc) is 3.29. The summed E-state index contributed by atoms with van der Waals surface area (Å²) in [6.45, 7) is 1.41. The number of amides is 4. The van der Waals surface area contributed by atoms with E-state index in [4.69, 9.17) is 0 Å². The summed E-state index contributed by atoms with van der Waals surface area (Å²) >= 11 is 0. The zero-order valence-electron chi connectivity index (χ0n) is 16.6. The first-order valence-electron chi connectivity index (χ1n) is 10.1. The Balaban J connectivity index is 1.23. The van der Waals surface area contributed by atoms with Crippen molar-refractivity contribution in [2.24, 2.45) is 0 Å². The Morgan fingerprint density at radius 2 is 1.77 bits per heavy atom. The van der Waals surface area contributed by atoms with Gasteiger partial charge in [-0.15, -0.1) is 0 Å². The minimum absolute atomic E-state index is 0.130. The molecule has 154 valence electrons. The number of hydrogen-bond donors (Lipinski definition) is 2. The number of para-hydroxylation sites is 1. The zero-order chi connectivity index (χ0) is 20.9. The van der Waals surface area contributed by atoms with Crippen LogP contribution < -0.4 is 10.6 Å². The molecule has 2 N–H and O–H groups in total. The quantitative estimate of drug-likeness (QED) is 0.566. The van der Waals surface area contributed by atoms with Gasteiger partial charge in [0.25, 0.3) is 5.91 Å². The van der Waals surface area contributed by atoms with Crippen molar-refractivity contribution in [1.82, 2.24) is 20.1 Å². The number of carbonyl (C=O) groups excluding carboxylic acids is 3. The fourth-order valence-corrected chi connectivity index (χ4v) is 3.70. The Hall–Kier alpha value is -3.61. The van der Waals surface area contributed by atoms with Crippen LogP contribution in [0.2, 0.25) is 0 Å². The number of imide groups is 1. The molecule has 1 unspecified atom stereocenters. The molecule has 4 rings (SSSR count). The van der Waals surface area contributed by atoms with E-state index in [0.29, 0.717) is 13.1 Å². The van der Waals surface area contributed by atoms with Gasteiger partial charge in [0.1, 0.15) is 6.04 Å². The molecule has 2 aromatic carbocycles. The van der Waals surface area contributed by atoms with E-state index in [2.05, 4.69) is 21.3 Å². The minimum Gasteiger partial charge on any atom is -0.354 e. The van der Waals surface area contributed by atoms with E-state index in [9.17, 15) is 14.4 Å². The number of nitrogens with one attached hydrogen (secondary N) is 2. The summed E-state index contributed by atoms with van der Waals surface area (Å²) in [6, 6.07) is 18.4. The Bertz CT molecular complexity index is 1060. The fraction of sp³-hybridized carbons (Fsp3) is 0.261. The van der Waals surface area contributed by atoms with E-state index in [0.717, 1.165) is 11.1 Å². The van der Waals surface area contributed by atoms with E-state index >= 15 is 0 Å². The van der Waals surface area contributed by atoms with Gasteiger partial charge in [-0.05, 0) is 29.5 Å². The molecule has 2 heterocycles. The van der Waals surface area contributed by atoms with Crippen LogP contribution in [0, 0.1) is 0 Å². The number of benzene rings is 2. The van der Waals surface area contributed by atoms with Crippen LogP contribution in [-0.4, -0.2) is 39.9 Å². The highest BCUT2D eigenvalue weighted by Gasteiger charge is 2.37. The largest absolute Gasteiger partial charge is 0.354 e. The van der Waals surface area contributed by atoms with E-state index in [-0.39, 0.29) is 31.2 Å². The maximum atomic E-state index is 12.5. The van der Waals surface area contributed by atoms with Crippen LogP contribution in [0.1, 0.15) is 18.4 Å². The first kappa shape index (κ1) is 19.7. The average molecular weight is 404 g/mol. The first-order valence-corrected chi connectivity index (χ1v) is 10.1. The van der Waals surface area contributed by atoms with E-state index in [1.807, 2.05) is 60.8 Å². The molecule has 1 aromatic heterocycles. The zero-order valence-corrected chi connectivity index (χ0v) is 16.6. The van der Waals surface area contributed by atoms with Gasteiger partial charge in [0.05, 0.1) is 6.54 Å². The topological polar surface area (TPSA) is 83.4 Å². The molecule has 1 aliphatic heterocycles. The number of carbonyl (C=O) groups is 3. The summed E-state index contributed by atoms with van der Waals surface area (Å²) in [6.07, 6.45) is 2.47. The van der Waals surface area contributed by atoms with Crippen LogP contribution in [0.15, 0.2) is 66.9 Å². The van der Waals surface area contributed by atoms with Crippen LogP contribution in [0.3, 0.4) is 0 Å². The van der Waals surface area contributed by atoms with Gasteiger partial charge in [0, 0.05) is 31.2 Å². The SMILES string of the molecule is O=C(CCC1NC(=O)N(Cc2ccccc2)C1=O)NCCn1ccc2ccccc21. The van der Waals surface area contributed by atoms with Crippen molar-refractivity contribution < 1.29 is 14.4 Å². The van der Waals surface area contributed by atoms with Crippen molar-refractivity contribution in [3.05, 3.63) is 72.4 Å². The highest BCUT2D eigenvalue weighted by molar-refractivity contribution is 6.04. The molecule has 0 spiro atoms. The molecule has 0 radical (unpaired) electrons. The third-order valence-electron chi connectivity index (χ3n) is 5.31. The molecule has 7 heteroatoms. The van der Waals surface area contributed by atoms with Gasteiger partial charge in [-0.25, -0.2) is 4.79 Å². The van der Waals surface area contributed by atoms with Crippen LogP contribution in [-0.2, 0) is 22.7 Å². The summed E-state index contributed by atoms with van der Waals surface area (Å²) in [5.41, 5.74) is 2.02. The summed E-state index contributed by atoms with van der Waals surface area (Å²) in [5.74, 6) is -0.412. The molecule has 0 bridgehead atoms. The lowest BCUT2D eigenvalue weighted by atomic mass is 10.1. The number of nitrogens with zero attached hydrogens (tertiary/aromatic N) is 2. The molecule has 0 saturated carbocycles. The second kappa shape index (κ2) is 8.82. The van der Waals surface area contributed by atoms with Crippen molar-refractivity contribution in [2.75, 3.05) is 6.54 Å². The normalized spacial score (nSPS) is 16.1. The Morgan fingerprint density at radius 1 is 1.00 bits per heavy atom. The van der Waals surface area contributed by atoms with Crippen molar-refractivity contribution in [2.45, 2.75) is 32.0 Å². The molecule has 1 fully saturated rings. The summed E-state index contributed by atoms with van der Waals surface area (Å²) < 4.78 is 2.10. The van der Waals surface area contributed by atoms with Crippen molar-refractivity contribution >= 4 is 28.7 Å². The fourth-order valence-electron chi connectivity index (χ4n) is 3.70. The Kier molecular flexibility index (Phi) is 5.79. The number of fused-ring (bicyclic) bond motifs is 1. The third kappa shape index (κ3) is 4.35. The van der Waals surface area contributed by atoms with Gasteiger partial charge in [-0.3, -0.25) is 14.5 Å². The van der Waals surface area contributed by atoms with Crippen molar-refractivity contribution in [1.29, 1.82) is 0 Å². The number of aromatic nitrogens is 1. The maximum Gasteiger partial charge on any atom is 0.325 e. The lowest BCUT2D eigenvalue weighted by Crippen LogP contribution is -2.33. The second-order valence-electron chi connectivity index (χ2n) is 7.37. The van der Waals surface area contributed by atoms with Gasteiger partial charge in [-0.1, -0.05) is 48.5 Å². The van der Waals surface area contributed by atoms with Crippen LogP contribution >= 0.6 is 0 Å². The van der Waals surface area contributed by atoms with Gasteiger partial charge in [0.2, 0.25) is 5.91 Å². The second-order valence-corrected chi connectivity index (χ2v) is 7.37. The maximum absolute atomic E-state index is 12.5. The summed E-state index contributed by atoms with van der Waals surface area (Å²) in [7, 11) is 0. The van der Waals surface area contributed by atoms with Crippen molar-refractivity contribution in [3.8, 4) is 0 Å². The van der Waals surface area contributed by atoms with Crippen LogP contribution in [0.5, 0.6) is 0 Å². The molecule has 4 amide bonds. The molecule has 1 aliphatic rings. The summed E-state index contributed by atoms with van der Waals surface area (Å²) in [5, 5.41) is 6.74. The first-order chi connectivity index (χ1) is 14.6. The van der Waals surface area contributed by atoms with E-state index < -0.39 is 12.1 Å². The van der Waals surface area contributed by atoms with Gasteiger partial charge in [-0.2, -0.15) is 0 Å². The lowest BCUT2D eigenvalue weighted by molar-refractivity contribution is -0.128. The minimum atomic E-state index is -0.652. The van der Waals surface area contributed by atoms with Crippen molar-refractivity contribution in [3.63, 3.8) is 0 Å². The summed E-state index contributed by atoms with van der Waals surface area (Å²) in [4.78, 5) is 38.1. The van der Waals surface area contributed by atoms with Gasteiger partial charge < -0.3 is 15.2 Å². The highest BCUT2D eigenvalue weighted by Crippen LogP contribution is 2.16. The molecule has 30 heavy (non-hydrogen) atoms. The molecule has 0 aliphatic carbocycles. The van der Waals surface area contributed by atoms with E-state index in [1.54, 1.807) is 0 Å². The van der Waals surface area contributed by atoms with Crippen LogP contribution in [0.25, 0.3) is 10.9 Å². The predicted molar refractivity (Wildman–Crippen MR) is 113 cm³/mol. The number of urea groups is 1. The van der Waals surface area contributed by atoms with Crippen LogP contribution in [0.4, 0.5) is 4.79 Å². The van der Waals surface area contributed by atoms with Gasteiger partial charge in [0.15, 0.2) is 0 Å². The lowest BCUT2D eigenvalue weighted by Gasteiger charge is -2.13. The molecule has 1 saturated heterocycles. The predicted octanol–water partition coefficient (Wildman–Crippen LogP) is 2.66. The molecule has 1 atom stereocenters. The standard InChI is InChI=1S/C23H24N4O3/c28-21(24-13-15-26-14-12-18-8-4-5-9-20(18)26)11-10-19-22(29)27(23(30)25-19)16-17-6-2-1-3-7-17/h1-9,12,14,19H,10-11,13,15-16H2,(H,24,28)(H,25,30). The molecule has 3 aromatic rings. The van der Waals surface area contributed by atoms with Gasteiger partial charge >= 0.3 is 6.03 Å². The highest BCUT2D eigenvalue weighted by atomic mass is 16.2. The smallest absolute Gasteiger partial charge is 0.325 e. The van der Waals surface area contributed by atoms with E-state index in [1.165, 1.54) is 10.3 Å². The molecular formula is C23H24N4O3. The number of rotatable bonds is 8. The molecular weight excluding hydrogens is 380 g/mol. The monoisotopic (exact) mass is 404 g/mol. The third-order valence-corrected chi connectivity index (χ3v) is 5.31. The molecule has 7 nitrogen and oxygen atoms in total. The number of hydrogen-bond acceptors (Lipinski definition) is 3. The Morgan fingerprint density at radius 3 is 2.60 bits per heavy atom.